The van der Waals surface area contributed by atoms with E-state index in [-0.39, 0.29) is 18.0 Å². The van der Waals surface area contributed by atoms with Gasteiger partial charge < -0.3 is 14.6 Å². The molecule has 3 atom stereocenters. The quantitative estimate of drug-likeness (QED) is 0.669. The molecule has 0 unspecified atom stereocenters. The SMILES string of the molecule is COc1ccc([C@H]2[C@H](C=O)CC[C@@H](O)C23C(=O)c2ccccc2C3=O)cc1. The van der Waals surface area contributed by atoms with E-state index in [4.69, 9.17) is 4.74 Å². The van der Waals surface area contributed by atoms with Crippen LogP contribution in [-0.2, 0) is 4.79 Å². The summed E-state index contributed by atoms with van der Waals surface area (Å²) in [6.07, 6.45) is 0.348. The third kappa shape index (κ3) is 2.31. The summed E-state index contributed by atoms with van der Waals surface area (Å²) in [4.78, 5) is 38.8. The van der Waals surface area contributed by atoms with Gasteiger partial charge in [0.2, 0.25) is 0 Å². The number of ketones is 2. The third-order valence-corrected chi connectivity index (χ3v) is 6.04. The first kappa shape index (κ1) is 17.6. The zero-order chi connectivity index (χ0) is 19.2. The molecule has 5 heteroatoms. The van der Waals surface area contributed by atoms with Crippen LogP contribution in [0.3, 0.4) is 0 Å². The van der Waals surface area contributed by atoms with Gasteiger partial charge in [-0.15, -0.1) is 0 Å². The summed E-state index contributed by atoms with van der Waals surface area (Å²) in [5.74, 6) is -1.37. The molecule has 2 aliphatic rings. The van der Waals surface area contributed by atoms with Crippen LogP contribution in [0.2, 0.25) is 0 Å². The molecule has 0 aliphatic heterocycles. The highest BCUT2D eigenvalue weighted by atomic mass is 16.5. The van der Waals surface area contributed by atoms with Crippen molar-refractivity contribution in [2.24, 2.45) is 11.3 Å². The monoisotopic (exact) mass is 364 g/mol. The number of Topliss-reactive ketones (excluding diaryl/α,β-unsaturated/α-hetero) is 2. The molecular weight excluding hydrogens is 344 g/mol. The normalized spacial score (nSPS) is 26.1. The zero-order valence-corrected chi connectivity index (χ0v) is 14.9. The van der Waals surface area contributed by atoms with E-state index in [2.05, 4.69) is 0 Å². The molecule has 138 valence electrons. The molecule has 1 saturated carbocycles. The number of fused-ring (bicyclic) bond motifs is 1. The van der Waals surface area contributed by atoms with Crippen molar-refractivity contribution in [3.05, 3.63) is 65.2 Å². The molecule has 5 nitrogen and oxygen atoms in total. The van der Waals surface area contributed by atoms with Gasteiger partial charge in [0.25, 0.3) is 0 Å². The van der Waals surface area contributed by atoms with E-state index in [0.29, 0.717) is 28.9 Å². The molecule has 1 N–H and O–H groups in total. The van der Waals surface area contributed by atoms with Crippen molar-refractivity contribution in [3.63, 3.8) is 0 Å². The number of carbonyl (C=O) groups is 3. The van der Waals surface area contributed by atoms with Crippen LogP contribution in [0.15, 0.2) is 48.5 Å². The van der Waals surface area contributed by atoms with Gasteiger partial charge in [-0.05, 0) is 30.5 Å². The molecule has 0 aromatic heterocycles. The number of benzene rings is 2. The summed E-state index contributed by atoms with van der Waals surface area (Å²) in [6.45, 7) is 0. The Bertz CT molecular complexity index is 880. The van der Waals surface area contributed by atoms with Gasteiger partial charge in [0, 0.05) is 23.0 Å². The van der Waals surface area contributed by atoms with Gasteiger partial charge >= 0.3 is 0 Å². The molecule has 2 aliphatic carbocycles. The molecule has 0 bridgehead atoms. The fourth-order valence-corrected chi connectivity index (χ4v) is 4.77. The molecule has 2 aromatic carbocycles. The highest BCUT2D eigenvalue weighted by molar-refractivity contribution is 6.30. The standard InChI is InChI=1S/C22H20O5/c1-27-15-9-6-13(7-10-15)19-14(12-23)8-11-18(24)22(19)20(25)16-4-2-3-5-17(16)21(22)26/h2-7,9-10,12,14,18-19,24H,8,11H2,1H3/t14-,18+,19-/m0/s1. The average molecular weight is 364 g/mol. The number of hydrogen-bond acceptors (Lipinski definition) is 5. The van der Waals surface area contributed by atoms with Gasteiger partial charge in [-0.25, -0.2) is 0 Å². The van der Waals surface area contributed by atoms with Gasteiger partial charge in [0.15, 0.2) is 11.6 Å². The van der Waals surface area contributed by atoms with Crippen LogP contribution in [0, 0.1) is 11.3 Å². The lowest BCUT2D eigenvalue weighted by Gasteiger charge is -2.45. The highest BCUT2D eigenvalue weighted by Gasteiger charge is 2.65. The fourth-order valence-electron chi connectivity index (χ4n) is 4.77. The maximum atomic E-state index is 13.4. The molecule has 0 amide bonds. The highest BCUT2D eigenvalue weighted by Crippen LogP contribution is 2.56. The Morgan fingerprint density at radius 2 is 1.59 bits per heavy atom. The van der Waals surface area contributed by atoms with E-state index in [1.54, 1.807) is 55.6 Å². The maximum Gasteiger partial charge on any atom is 0.180 e. The number of hydrogen-bond donors (Lipinski definition) is 1. The van der Waals surface area contributed by atoms with Crippen LogP contribution in [0.5, 0.6) is 5.75 Å². The topological polar surface area (TPSA) is 80.7 Å². The summed E-state index contributed by atoms with van der Waals surface area (Å²) in [5.41, 5.74) is -0.318. The van der Waals surface area contributed by atoms with Crippen LogP contribution in [0.1, 0.15) is 45.0 Å². The minimum atomic E-state index is -1.65. The maximum absolute atomic E-state index is 13.4. The van der Waals surface area contributed by atoms with Crippen molar-refractivity contribution in [2.75, 3.05) is 7.11 Å². The van der Waals surface area contributed by atoms with Gasteiger partial charge in [-0.2, -0.15) is 0 Å². The first-order valence-electron chi connectivity index (χ1n) is 9.01. The Hall–Kier alpha value is -2.79. The molecule has 1 fully saturated rings. The number of aldehydes is 1. The van der Waals surface area contributed by atoms with E-state index in [9.17, 15) is 19.5 Å². The number of rotatable bonds is 3. The van der Waals surface area contributed by atoms with Crippen LogP contribution in [0.25, 0.3) is 0 Å². The second-order valence-electron chi connectivity index (χ2n) is 7.22. The summed E-state index contributed by atoms with van der Waals surface area (Å²) in [5, 5.41) is 10.9. The first-order valence-corrected chi connectivity index (χ1v) is 9.01. The van der Waals surface area contributed by atoms with Crippen molar-refractivity contribution in [3.8, 4) is 5.75 Å². The molecule has 4 rings (SSSR count). The van der Waals surface area contributed by atoms with E-state index >= 15 is 0 Å². The molecular formula is C22H20O5. The Morgan fingerprint density at radius 3 is 2.11 bits per heavy atom. The zero-order valence-electron chi connectivity index (χ0n) is 14.9. The molecule has 0 saturated heterocycles. The van der Waals surface area contributed by atoms with Crippen LogP contribution >= 0.6 is 0 Å². The second kappa shape index (κ2) is 6.43. The van der Waals surface area contributed by atoms with Crippen LogP contribution < -0.4 is 4.74 Å². The van der Waals surface area contributed by atoms with Crippen LogP contribution in [0.4, 0.5) is 0 Å². The van der Waals surface area contributed by atoms with Gasteiger partial charge in [0.05, 0.1) is 13.2 Å². The third-order valence-electron chi connectivity index (χ3n) is 6.04. The van der Waals surface area contributed by atoms with E-state index in [0.717, 1.165) is 6.29 Å². The molecule has 0 radical (unpaired) electrons. The Kier molecular flexibility index (Phi) is 4.19. The number of methoxy groups -OCH3 is 1. The van der Waals surface area contributed by atoms with Crippen molar-refractivity contribution < 1.29 is 24.2 Å². The van der Waals surface area contributed by atoms with Crippen molar-refractivity contribution in [1.29, 1.82) is 0 Å². The van der Waals surface area contributed by atoms with Gasteiger partial charge in [0.1, 0.15) is 17.5 Å². The minimum Gasteiger partial charge on any atom is -0.497 e. The first-order chi connectivity index (χ1) is 13.1. The predicted molar refractivity (Wildman–Crippen MR) is 98.1 cm³/mol. The number of aliphatic hydroxyl groups excluding tert-OH is 1. The van der Waals surface area contributed by atoms with E-state index in [1.165, 1.54) is 0 Å². The molecule has 2 aromatic rings. The molecule has 0 heterocycles. The summed E-state index contributed by atoms with van der Waals surface area (Å²) in [7, 11) is 1.55. The molecule has 27 heavy (non-hydrogen) atoms. The van der Waals surface area contributed by atoms with E-state index in [1.807, 2.05) is 0 Å². The lowest BCUT2D eigenvalue weighted by molar-refractivity contribution is -0.115. The predicted octanol–water partition coefficient (Wildman–Crippen LogP) is 2.81. The molecule has 1 spiro atoms. The van der Waals surface area contributed by atoms with Crippen molar-refractivity contribution in [1.82, 2.24) is 0 Å². The van der Waals surface area contributed by atoms with Crippen molar-refractivity contribution in [2.45, 2.75) is 24.9 Å². The smallest absolute Gasteiger partial charge is 0.180 e. The van der Waals surface area contributed by atoms with Crippen molar-refractivity contribution >= 4 is 17.9 Å². The Labute approximate surface area is 157 Å². The average Bonchev–Trinajstić information content (AvgIpc) is 2.93. The summed E-state index contributed by atoms with van der Waals surface area (Å²) >= 11 is 0. The number of aliphatic hydroxyl groups is 1. The van der Waals surface area contributed by atoms with Gasteiger partial charge in [-0.3, -0.25) is 9.59 Å². The Balaban J connectivity index is 1.93. The number of carbonyl (C=O) groups excluding carboxylic acids is 3. The second-order valence-corrected chi connectivity index (χ2v) is 7.22. The fraction of sp³-hybridized carbons (Fsp3) is 0.318. The van der Waals surface area contributed by atoms with E-state index < -0.39 is 23.4 Å². The summed E-state index contributed by atoms with van der Waals surface area (Å²) in [6, 6.07) is 13.7. The minimum absolute atomic E-state index is 0.238. The summed E-state index contributed by atoms with van der Waals surface area (Å²) < 4.78 is 5.19. The number of ether oxygens (including phenoxy) is 1. The largest absolute Gasteiger partial charge is 0.497 e. The van der Waals surface area contributed by atoms with Gasteiger partial charge in [-0.1, -0.05) is 36.4 Å². The lowest BCUT2D eigenvalue weighted by Crippen LogP contribution is -2.54. The van der Waals surface area contributed by atoms with Crippen LogP contribution in [-0.4, -0.2) is 36.2 Å². The lowest BCUT2D eigenvalue weighted by atomic mass is 9.56. The Morgan fingerprint density at radius 1 is 1.00 bits per heavy atom.